The SMILES string of the molecule is CN1CCCN(c2cccc3nc(CN(C)[C@H]4CCCc5cccnc54)c(Cl)n23)CC1. The van der Waals surface area contributed by atoms with Gasteiger partial charge in [0.1, 0.15) is 16.6 Å². The molecule has 0 unspecified atom stereocenters. The molecule has 164 valence electrons. The van der Waals surface area contributed by atoms with Crippen molar-refractivity contribution in [1.82, 2.24) is 24.2 Å². The maximum atomic E-state index is 6.96. The molecule has 3 aromatic heterocycles. The smallest absolute Gasteiger partial charge is 0.139 e. The number of aryl methyl sites for hydroxylation is 1. The third kappa shape index (κ3) is 4.04. The highest BCUT2D eigenvalue weighted by molar-refractivity contribution is 6.30. The van der Waals surface area contributed by atoms with E-state index < -0.39 is 0 Å². The van der Waals surface area contributed by atoms with Crippen LogP contribution in [0.15, 0.2) is 36.5 Å². The van der Waals surface area contributed by atoms with Gasteiger partial charge in [0.15, 0.2) is 0 Å². The molecule has 7 heteroatoms. The molecule has 0 bridgehead atoms. The van der Waals surface area contributed by atoms with Crippen molar-refractivity contribution in [2.75, 3.05) is 45.2 Å². The molecule has 4 heterocycles. The van der Waals surface area contributed by atoms with E-state index in [-0.39, 0.29) is 0 Å². The van der Waals surface area contributed by atoms with Gasteiger partial charge in [0, 0.05) is 32.4 Å². The second-order valence-corrected chi connectivity index (χ2v) is 9.30. The summed E-state index contributed by atoms with van der Waals surface area (Å²) in [7, 11) is 4.36. The Morgan fingerprint density at radius 3 is 2.90 bits per heavy atom. The first-order chi connectivity index (χ1) is 15.1. The first-order valence-corrected chi connectivity index (χ1v) is 11.7. The van der Waals surface area contributed by atoms with E-state index in [0.29, 0.717) is 12.6 Å². The fourth-order valence-electron chi connectivity index (χ4n) is 5.07. The normalized spacial score (nSPS) is 20.3. The highest BCUT2D eigenvalue weighted by Crippen LogP contribution is 2.34. The molecule has 1 saturated heterocycles. The van der Waals surface area contributed by atoms with Gasteiger partial charge in [-0.2, -0.15) is 0 Å². The Kier molecular flexibility index (Phi) is 5.87. The number of hydrogen-bond acceptors (Lipinski definition) is 5. The van der Waals surface area contributed by atoms with Gasteiger partial charge >= 0.3 is 0 Å². The zero-order chi connectivity index (χ0) is 21.4. The number of aromatic nitrogens is 3. The van der Waals surface area contributed by atoms with Gasteiger partial charge in [-0.05, 0) is 70.1 Å². The van der Waals surface area contributed by atoms with Crippen LogP contribution in [0.3, 0.4) is 0 Å². The minimum Gasteiger partial charge on any atom is -0.356 e. The lowest BCUT2D eigenvalue weighted by Gasteiger charge is -2.31. The number of anilines is 1. The lowest BCUT2D eigenvalue weighted by atomic mass is 9.91. The third-order valence-corrected chi connectivity index (χ3v) is 7.16. The zero-order valence-corrected chi connectivity index (χ0v) is 19.2. The fourth-order valence-corrected chi connectivity index (χ4v) is 5.35. The van der Waals surface area contributed by atoms with Gasteiger partial charge in [0.2, 0.25) is 0 Å². The summed E-state index contributed by atoms with van der Waals surface area (Å²) in [5.74, 6) is 1.14. The van der Waals surface area contributed by atoms with E-state index in [0.717, 1.165) is 67.8 Å². The average Bonchev–Trinajstić information content (AvgIpc) is 2.95. The van der Waals surface area contributed by atoms with Crippen LogP contribution in [0.1, 0.15) is 42.3 Å². The van der Waals surface area contributed by atoms with E-state index in [9.17, 15) is 0 Å². The molecule has 1 atom stereocenters. The van der Waals surface area contributed by atoms with Gasteiger partial charge in [0.25, 0.3) is 0 Å². The van der Waals surface area contributed by atoms with Crippen LogP contribution in [0, 0.1) is 0 Å². The molecule has 3 aromatic rings. The van der Waals surface area contributed by atoms with Crippen molar-refractivity contribution in [2.45, 2.75) is 38.3 Å². The van der Waals surface area contributed by atoms with Crippen LogP contribution in [-0.4, -0.2) is 64.4 Å². The zero-order valence-electron chi connectivity index (χ0n) is 18.5. The Bertz CT molecular complexity index is 1060. The summed E-state index contributed by atoms with van der Waals surface area (Å²) in [5.41, 5.74) is 4.45. The molecule has 2 aliphatic rings. The predicted molar refractivity (Wildman–Crippen MR) is 126 cm³/mol. The molecule has 1 fully saturated rings. The molecule has 1 aliphatic carbocycles. The second kappa shape index (κ2) is 8.77. The molecule has 0 spiro atoms. The minimum atomic E-state index is 0.312. The van der Waals surface area contributed by atoms with Crippen molar-refractivity contribution in [3.05, 3.63) is 58.6 Å². The third-order valence-electron chi connectivity index (χ3n) is 6.77. The van der Waals surface area contributed by atoms with Gasteiger partial charge in [-0.25, -0.2) is 4.98 Å². The number of imidazole rings is 1. The van der Waals surface area contributed by atoms with Crippen LogP contribution in [0.2, 0.25) is 5.15 Å². The first-order valence-electron chi connectivity index (χ1n) is 11.3. The van der Waals surface area contributed by atoms with Crippen molar-refractivity contribution in [3.8, 4) is 0 Å². The van der Waals surface area contributed by atoms with Crippen LogP contribution in [-0.2, 0) is 13.0 Å². The van der Waals surface area contributed by atoms with Gasteiger partial charge < -0.3 is 9.80 Å². The molecule has 6 nitrogen and oxygen atoms in total. The quantitative estimate of drug-likeness (QED) is 0.615. The summed E-state index contributed by atoms with van der Waals surface area (Å²) in [5, 5.41) is 0.729. The maximum absolute atomic E-state index is 6.96. The van der Waals surface area contributed by atoms with Gasteiger partial charge in [-0.15, -0.1) is 0 Å². The number of nitrogens with zero attached hydrogens (tertiary/aromatic N) is 6. The van der Waals surface area contributed by atoms with E-state index in [1.54, 1.807) is 0 Å². The number of likely N-dealkylation sites (N-methyl/N-ethyl adjacent to an activating group) is 1. The molecule has 0 radical (unpaired) electrons. The number of halogens is 1. The topological polar surface area (TPSA) is 39.9 Å². The van der Waals surface area contributed by atoms with Gasteiger partial charge in [-0.1, -0.05) is 23.7 Å². The van der Waals surface area contributed by atoms with Crippen LogP contribution in [0.5, 0.6) is 0 Å². The van der Waals surface area contributed by atoms with Gasteiger partial charge in [-0.3, -0.25) is 14.3 Å². The van der Waals surface area contributed by atoms with Crippen molar-refractivity contribution < 1.29 is 0 Å². The number of fused-ring (bicyclic) bond motifs is 2. The first kappa shape index (κ1) is 20.7. The molecule has 0 aromatic carbocycles. The number of hydrogen-bond donors (Lipinski definition) is 0. The Balaban J connectivity index is 1.43. The Hall–Kier alpha value is -2.15. The maximum Gasteiger partial charge on any atom is 0.139 e. The summed E-state index contributed by atoms with van der Waals surface area (Å²) in [4.78, 5) is 16.8. The summed E-state index contributed by atoms with van der Waals surface area (Å²) >= 11 is 6.96. The molecule has 0 N–H and O–H groups in total. The Labute approximate surface area is 189 Å². The van der Waals surface area contributed by atoms with Gasteiger partial charge in [0.05, 0.1) is 17.4 Å². The van der Waals surface area contributed by atoms with E-state index in [1.165, 1.54) is 17.7 Å². The van der Waals surface area contributed by atoms with E-state index in [4.69, 9.17) is 21.6 Å². The van der Waals surface area contributed by atoms with E-state index >= 15 is 0 Å². The van der Waals surface area contributed by atoms with Crippen molar-refractivity contribution in [3.63, 3.8) is 0 Å². The molecule has 5 rings (SSSR count). The second-order valence-electron chi connectivity index (χ2n) is 8.94. The Morgan fingerprint density at radius 1 is 1.10 bits per heavy atom. The summed E-state index contributed by atoms with van der Waals surface area (Å²) < 4.78 is 2.13. The Morgan fingerprint density at radius 2 is 2.00 bits per heavy atom. The largest absolute Gasteiger partial charge is 0.356 e. The van der Waals surface area contributed by atoms with E-state index in [2.05, 4.69) is 57.5 Å². The van der Waals surface area contributed by atoms with E-state index in [1.807, 2.05) is 12.3 Å². The molecular formula is C24H31ClN6. The standard InChI is InChI=1S/C24H31ClN6/c1-28-13-6-14-30(16-15-28)22-11-4-10-21-27-19(24(25)31(21)22)17-29(2)20-9-3-7-18-8-5-12-26-23(18)20/h4-5,8,10-12,20H,3,6-7,9,13-17H2,1-2H3/t20-/m0/s1. The van der Waals surface area contributed by atoms with Crippen LogP contribution in [0.4, 0.5) is 5.82 Å². The average molecular weight is 439 g/mol. The molecule has 0 amide bonds. The highest BCUT2D eigenvalue weighted by atomic mass is 35.5. The van der Waals surface area contributed by atoms with Crippen LogP contribution >= 0.6 is 11.6 Å². The highest BCUT2D eigenvalue weighted by Gasteiger charge is 2.27. The van der Waals surface area contributed by atoms with Crippen molar-refractivity contribution in [1.29, 1.82) is 0 Å². The molecular weight excluding hydrogens is 408 g/mol. The van der Waals surface area contributed by atoms with Crippen molar-refractivity contribution >= 4 is 23.1 Å². The lowest BCUT2D eigenvalue weighted by molar-refractivity contribution is 0.206. The molecule has 1 aliphatic heterocycles. The molecule has 31 heavy (non-hydrogen) atoms. The van der Waals surface area contributed by atoms with Crippen LogP contribution in [0.25, 0.3) is 5.65 Å². The predicted octanol–water partition coefficient (Wildman–Crippen LogP) is 4.03. The summed E-state index contributed by atoms with van der Waals surface area (Å²) in [6, 6.07) is 10.9. The molecule has 0 saturated carbocycles. The fraction of sp³-hybridized carbons (Fsp3) is 0.500. The summed E-state index contributed by atoms with van der Waals surface area (Å²) in [6.45, 7) is 4.95. The lowest BCUT2D eigenvalue weighted by Crippen LogP contribution is -2.30. The van der Waals surface area contributed by atoms with Crippen LogP contribution < -0.4 is 4.90 Å². The number of rotatable bonds is 4. The monoisotopic (exact) mass is 438 g/mol. The minimum absolute atomic E-state index is 0.312. The summed E-state index contributed by atoms with van der Waals surface area (Å²) in [6.07, 6.45) is 6.51. The number of pyridine rings is 2. The van der Waals surface area contributed by atoms with Crippen molar-refractivity contribution in [2.24, 2.45) is 0 Å².